The topological polar surface area (TPSA) is 51.8 Å². The SMILES string of the molecule is c1ccc(-c2csc(SCc3noc(-c4cccs4)n3)n2)cc1. The van der Waals surface area contributed by atoms with Crippen LogP contribution in [-0.4, -0.2) is 15.1 Å². The minimum Gasteiger partial charge on any atom is -0.333 e. The van der Waals surface area contributed by atoms with Gasteiger partial charge in [0.2, 0.25) is 0 Å². The van der Waals surface area contributed by atoms with E-state index in [1.54, 1.807) is 34.4 Å². The van der Waals surface area contributed by atoms with Crippen molar-refractivity contribution in [2.75, 3.05) is 0 Å². The third-order valence-corrected chi connectivity index (χ3v) is 5.95. The Bertz CT molecular complexity index is 884. The van der Waals surface area contributed by atoms with E-state index in [-0.39, 0.29) is 0 Å². The Hall–Kier alpha value is -1.96. The summed E-state index contributed by atoms with van der Waals surface area (Å²) in [4.78, 5) is 10.1. The Balaban J connectivity index is 1.43. The minimum atomic E-state index is 0.583. The van der Waals surface area contributed by atoms with E-state index in [2.05, 4.69) is 32.6 Å². The molecule has 0 saturated heterocycles. The number of nitrogens with zero attached hydrogens (tertiary/aromatic N) is 3. The van der Waals surface area contributed by atoms with Crippen LogP contribution in [0.5, 0.6) is 0 Å². The van der Waals surface area contributed by atoms with Crippen molar-refractivity contribution in [2.24, 2.45) is 0 Å². The average Bonchev–Trinajstić information content (AvgIpc) is 3.33. The van der Waals surface area contributed by atoms with Crippen molar-refractivity contribution in [3.63, 3.8) is 0 Å². The van der Waals surface area contributed by atoms with E-state index < -0.39 is 0 Å². The first-order chi connectivity index (χ1) is 11.4. The predicted molar refractivity (Wildman–Crippen MR) is 94.7 cm³/mol. The maximum atomic E-state index is 5.29. The molecule has 114 valence electrons. The van der Waals surface area contributed by atoms with Crippen molar-refractivity contribution in [1.29, 1.82) is 0 Å². The molecule has 7 heteroatoms. The Morgan fingerprint density at radius 2 is 1.91 bits per heavy atom. The van der Waals surface area contributed by atoms with Crippen LogP contribution >= 0.6 is 34.4 Å². The van der Waals surface area contributed by atoms with Crippen LogP contribution in [0.15, 0.2) is 62.1 Å². The van der Waals surface area contributed by atoms with Gasteiger partial charge in [0.1, 0.15) is 0 Å². The molecule has 0 atom stereocenters. The van der Waals surface area contributed by atoms with Gasteiger partial charge in [-0.2, -0.15) is 4.98 Å². The van der Waals surface area contributed by atoms with Crippen molar-refractivity contribution in [3.05, 3.63) is 59.0 Å². The molecule has 0 spiro atoms. The second-order valence-electron chi connectivity index (χ2n) is 4.65. The van der Waals surface area contributed by atoms with Gasteiger partial charge in [0.25, 0.3) is 5.89 Å². The van der Waals surface area contributed by atoms with Crippen LogP contribution in [0.2, 0.25) is 0 Å². The van der Waals surface area contributed by atoms with Crippen LogP contribution in [0.4, 0.5) is 0 Å². The molecule has 0 saturated carbocycles. The lowest BCUT2D eigenvalue weighted by molar-refractivity contribution is 0.426. The van der Waals surface area contributed by atoms with Crippen molar-refractivity contribution in [3.8, 4) is 22.0 Å². The normalized spacial score (nSPS) is 11.0. The number of hydrogen-bond donors (Lipinski definition) is 0. The molecule has 0 aliphatic heterocycles. The van der Waals surface area contributed by atoms with Crippen LogP contribution in [-0.2, 0) is 5.75 Å². The number of rotatable bonds is 5. The predicted octanol–water partition coefficient (Wildman–Crippen LogP) is 5.21. The first-order valence-corrected chi connectivity index (χ1v) is 9.63. The Morgan fingerprint density at radius 3 is 2.74 bits per heavy atom. The van der Waals surface area contributed by atoms with E-state index in [0.29, 0.717) is 17.5 Å². The average molecular weight is 357 g/mol. The second-order valence-corrected chi connectivity index (χ2v) is 7.67. The fourth-order valence-electron chi connectivity index (χ4n) is 2.00. The van der Waals surface area contributed by atoms with Gasteiger partial charge in [-0.05, 0) is 11.4 Å². The van der Waals surface area contributed by atoms with Gasteiger partial charge in [-0.3, -0.25) is 0 Å². The summed E-state index contributed by atoms with van der Waals surface area (Å²) in [5.41, 5.74) is 2.14. The number of hydrogen-bond acceptors (Lipinski definition) is 7. The first-order valence-electron chi connectivity index (χ1n) is 6.89. The highest BCUT2D eigenvalue weighted by molar-refractivity contribution is 8.00. The summed E-state index contributed by atoms with van der Waals surface area (Å²) in [6.07, 6.45) is 0. The molecule has 0 amide bonds. The highest BCUT2D eigenvalue weighted by atomic mass is 32.2. The molecule has 0 aliphatic carbocycles. The zero-order valence-electron chi connectivity index (χ0n) is 11.9. The summed E-state index contributed by atoms with van der Waals surface area (Å²) >= 11 is 4.85. The van der Waals surface area contributed by atoms with Crippen LogP contribution in [0.3, 0.4) is 0 Å². The maximum Gasteiger partial charge on any atom is 0.268 e. The minimum absolute atomic E-state index is 0.583. The third kappa shape index (κ3) is 3.36. The van der Waals surface area contributed by atoms with Crippen LogP contribution < -0.4 is 0 Å². The number of thioether (sulfide) groups is 1. The quantitative estimate of drug-likeness (QED) is 0.459. The van der Waals surface area contributed by atoms with Gasteiger partial charge < -0.3 is 4.52 Å². The molecule has 23 heavy (non-hydrogen) atoms. The maximum absolute atomic E-state index is 5.29. The van der Waals surface area contributed by atoms with Gasteiger partial charge in [0.15, 0.2) is 10.2 Å². The molecule has 0 fully saturated rings. The van der Waals surface area contributed by atoms with E-state index in [1.165, 1.54) is 0 Å². The summed E-state index contributed by atoms with van der Waals surface area (Å²) in [7, 11) is 0. The second kappa shape index (κ2) is 6.66. The lowest BCUT2D eigenvalue weighted by Crippen LogP contribution is -1.83. The van der Waals surface area contributed by atoms with Crippen LogP contribution in [0.1, 0.15) is 5.82 Å². The lowest BCUT2D eigenvalue weighted by Gasteiger charge is -1.94. The number of aromatic nitrogens is 3. The summed E-state index contributed by atoms with van der Waals surface area (Å²) in [5, 5.41) is 8.10. The fraction of sp³-hybridized carbons (Fsp3) is 0.0625. The van der Waals surface area contributed by atoms with Crippen molar-refractivity contribution in [2.45, 2.75) is 10.1 Å². The first kappa shape index (κ1) is 14.6. The third-order valence-electron chi connectivity index (χ3n) is 3.08. The zero-order valence-corrected chi connectivity index (χ0v) is 14.3. The molecule has 3 aromatic heterocycles. The molecule has 0 unspecified atom stereocenters. The number of benzene rings is 1. The van der Waals surface area contributed by atoms with Gasteiger partial charge in [-0.1, -0.05) is 53.3 Å². The van der Waals surface area contributed by atoms with Crippen molar-refractivity contribution in [1.82, 2.24) is 15.1 Å². The molecular weight excluding hydrogens is 346 g/mol. The molecule has 0 aliphatic rings. The van der Waals surface area contributed by atoms with E-state index >= 15 is 0 Å². The van der Waals surface area contributed by atoms with Crippen LogP contribution in [0, 0.1) is 0 Å². The van der Waals surface area contributed by atoms with Gasteiger partial charge in [0, 0.05) is 10.9 Å². The Morgan fingerprint density at radius 1 is 1.00 bits per heavy atom. The largest absolute Gasteiger partial charge is 0.333 e. The monoisotopic (exact) mass is 357 g/mol. The van der Waals surface area contributed by atoms with Crippen molar-refractivity contribution >= 4 is 34.4 Å². The van der Waals surface area contributed by atoms with E-state index in [4.69, 9.17) is 4.52 Å². The Kier molecular flexibility index (Phi) is 4.23. The Labute approximate surface area is 145 Å². The summed E-state index contributed by atoms with van der Waals surface area (Å²) < 4.78 is 6.30. The van der Waals surface area contributed by atoms with Crippen LogP contribution in [0.25, 0.3) is 22.0 Å². The molecule has 0 bridgehead atoms. The smallest absolute Gasteiger partial charge is 0.268 e. The summed E-state index contributed by atoms with van der Waals surface area (Å²) in [6.45, 7) is 0. The molecule has 0 N–H and O–H groups in total. The highest BCUT2D eigenvalue weighted by Gasteiger charge is 2.11. The molecular formula is C16H11N3OS3. The molecule has 0 radical (unpaired) electrons. The van der Waals surface area contributed by atoms with Crippen molar-refractivity contribution < 1.29 is 4.52 Å². The zero-order chi connectivity index (χ0) is 15.5. The molecule has 4 aromatic rings. The molecule has 1 aromatic carbocycles. The molecule has 3 heterocycles. The fourth-order valence-corrected chi connectivity index (χ4v) is 4.33. The van der Waals surface area contributed by atoms with E-state index in [1.807, 2.05) is 35.7 Å². The number of thiophene rings is 1. The van der Waals surface area contributed by atoms with Gasteiger partial charge in [-0.25, -0.2) is 4.98 Å². The van der Waals surface area contributed by atoms with E-state index in [0.717, 1.165) is 20.5 Å². The summed E-state index contributed by atoms with van der Waals surface area (Å²) in [5.74, 6) is 1.92. The standard InChI is InChI=1S/C16H11N3OS3/c1-2-5-11(6-3-1)12-9-22-16(17-12)23-10-14-18-15(20-19-14)13-7-4-8-21-13/h1-9H,10H2. The highest BCUT2D eigenvalue weighted by Crippen LogP contribution is 2.30. The molecule has 4 nitrogen and oxygen atoms in total. The van der Waals surface area contributed by atoms with Gasteiger partial charge >= 0.3 is 0 Å². The van der Waals surface area contributed by atoms with E-state index in [9.17, 15) is 0 Å². The van der Waals surface area contributed by atoms with Gasteiger partial charge in [-0.15, -0.1) is 22.7 Å². The van der Waals surface area contributed by atoms with Gasteiger partial charge in [0.05, 0.1) is 16.3 Å². The molecule has 4 rings (SSSR count). The lowest BCUT2D eigenvalue weighted by atomic mass is 10.2. The number of thiazole rings is 1. The summed E-state index contributed by atoms with van der Waals surface area (Å²) in [6, 6.07) is 14.1.